The van der Waals surface area contributed by atoms with Crippen molar-refractivity contribution in [2.45, 2.75) is 31.9 Å². The lowest BCUT2D eigenvalue weighted by Gasteiger charge is -2.16. The van der Waals surface area contributed by atoms with Gasteiger partial charge in [0.1, 0.15) is 0 Å². The highest BCUT2D eigenvalue weighted by Crippen LogP contribution is 2.28. The third kappa shape index (κ3) is 3.49. The maximum atomic E-state index is 12.6. The number of aryl methyl sites for hydroxylation is 2. The molecular weight excluding hydrogens is 308 g/mol. The van der Waals surface area contributed by atoms with Crippen LogP contribution in [0.1, 0.15) is 21.1 Å². The molecule has 0 aliphatic carbocycles. The Balaban J connectivity index is 2.28. The summed E-state index contributed by atoms with van der Waals surface area (Å²) in [6.07, 6.45) is 0. The SMILES string of the molecule is Cc1cccc(CN(C)S(=O)(=O)c2cc(CO)sc2C)n1. The fourth-order valence-corrected chi connectivity index (χ4v) is 4.63. The summed E-state index contributed by atoms with van der Waals surface area (Å²) in [6, 6.07) is 7.07. The monoisotopic (exact) mass is 326 g/mol. The van der Waals surface area contributed by atoms with Crippen LogP contribution in [0.3, 0.4) is 0 Å². The molecule has 0 atom stereocenters. The van der Waals surface area contributed by atoms with E-state index in [-0.39, 0.29) is 18.0 Å². The molecule has 0 saturated heterocycles. The van der Waals surface area contributed by atoms with Gasteiger partial charge >= 0.3 is 0 Å². The van der Waals surface area contributed by atoms with Gasteiger partial charge in [-0.05, 0) is 32.0 Å². The maximum Gasteiger partial charge on any atom is 0.244 e. The highest BCUT2D eigenvalue weighted by atomic mass is 32.2. The van der Waals surface area contributed by atoms with E-state index in [1.165, 1.54) is 28.8 Å². The molecule has 2 aromatic rings. The van der Waals surface area contributed by atoms with Crippen LogP contribution in [0.5, 0.6) is 0 Å². The van der Waals surface area contributed by atoms with Crippen LogP contribution in [-0.4, -0.2) is 29.9 Å². The molecule has 114 valence electrons. The minimum atomic E-state index is -3.58. The maximum absolute atomic E-state index is 12.6. The first-order chi connectivity index (χ1) is 9.84. The Labute approximate surface area is 128 Å². The minimum Gasteiger partial charge on any atom is -0.391 e. The number of hydrogen-bond acceptors (Lipinski definition) is 5. The molecule has 5 nitrogen and oxygen atoms in total. The van der Waals surface area contributed by atoms with E-state index in [0.717, 1.165) is 5.69 Å². The number of aromatic nitrogens is 1. The molecule has 0 spiro atoms. The number of rotatable bonds is 5. The Hall–Kier alpha value is -1.28. The van der Waals surface area contributed by atoms with E-state index in [0.29, 0.717) is 15.4 Å². The van der Waals surface area contributed by atoms with Gasteiger partial charge in [-0.1, -0.05) is 6.07 Å². The van der Waals surface area contributed by atoms with Crippen molar-refractivity contribution in [1.82, 2.24) is 9.29 Å². The summed E-state index contributed by atoms with van der Waals surface area (Å²) in [5, 5.41) is 9.14. The normalized spacial score (nSPS) is 12.0. The van der Waals surface area contributed by atoms with E-state index in [1.54, 1.807) is 13.0 Å². The number of hydrogen-bond donors (Lipinski definition) is 1. The molecule has 0 amide bonds. The fourth-order valence-electron chi connectivity index (χ4n) is 2.03. The van der Waals surface area contributed by atoms with Gasteiger partial charge in [0, 0.05) is 22.5 Å². The topological polar surface area (TPSA) is 70.5 Å². The molecule has 21 heavy (non-hydrogen) atoms. The van der Waals surface area contributed by atoms with Crippen LogP contribution in [-0.2, 0) is 23.2 Å². The van der Waals surface area contributed by atoms with Crippen molar-refractivity contribution in [3.05, 3.63) is 45.4 Å². The molecule has 7 heteroatoms. The van der Waals surface area contributed by atoms with Crippen molar-refractivity contribution in [3.8, 4) is 0 Å². The fraction of sp³-hybridized carbons (Fsp3) is 0.357. The lowest BCUT2D eigenvalue weighted by atomic mass is 10.3. The van der Waals surface area contributed by atoms with E-state index in [2.05, 4.69) is 4.98 Å². The van der Waals surface area contributed by atoms with Crippen molar-refractivity contribution >= 4 is 21.4 Å². The zero-order valence-electron chi connectivity index (χ0n) is 12.2. The first-order valence-electron chi connectivity index (χ1n) is 6.43. The first kappa shape index (κ1) is 16.1. The van der Waals surface area contributed by atoms with Gasteiger partial charge in [-0.15, -0.1) is 11.3 Å². The van der Waals surface area contributed by atoms with Crippen molar-refractivity contribution in [3.63, 3.8) is 0 Å². The van der Waals surface area contributed by atoms with Crippen molar-refractivity contribution in [1.29, 1.82) is 0 Å². The van der Waals surface area contributed by atoms with Gasteiger partial charge in [0.2, 0.25) is 10.0 Å². The third-order valence-corrected chi connectivity index (χ3v) is 6.19. The average molecular weight is 326 g/mol. The molecule has 1 N–H and O–H groups in total. The number of aliphatic hydroxyl groups is 1. The molecule has 0 aliphatic rings. The minimum absolute atomic E-state index is 0.149. The van der Waals surface area contributed by atoms with Crippen LogP contribution in [0.25, 0.3) is 0 Å². The largest absolute Gasteiger partial charge is 0.391 e. The molecule has 0 aromatic carbocycles. The third-order valence-electron chi connectivity index (χ3n) is 3.10. The number of sulfonamides is 1. The van der Waals surface area contributed by atoms with Crippen LogP contribution in [0.2, 0.25) is 0 Å². The van der Waals surface area contributed by atoms with E-state index in [1.807, 2.05) is 19.1 Å². The first-order valence-corrected chi connectivity index (χ1v) is 8.69. The zero-order valence-corrected chi connectivity index (χ0v) is 13.8. The molecule has 2 heterocycles. The van der Waals surface area contributed by atoms with Gasteiger partial charge < -0.3 is 5.11 Å². The Bertz CT molecular complexity index is 738. The molecule has 0 unspecified atom stereocenters. The van der Waals surface area contributed by atoms with Crippen molar-refractivity contribution in [2.75, 3.05) is 7.05 Å². The number of nitrogens with zero attached hydrogens (tertiary/aromatic N) is 2. The predicted molar refractivity (Wildman–Crippen MR) is 82.6 cm³/mol. The van der Waals surface area contributed by atoms with Crippen LogP contribution < -0.4 is 0 Å². The highest BCUT2D eigenvalue weighted by molar-refractivity contribution is 7.89. The van der Waals surface area contributed by atoms with Crippen molar-refractivity contribution in [2.24, 2.45) is 0 Å². The second-order valence-electron chi connectivity index (χ2n) is 4.82. The molecule has 2 aromatic heterocycles. The summed E-state index contributed by atoms with van der Waals surface area (Å²) < 4.78 is 26.5. The standard InChI is InChI=1S/C14H18N2O3S2/c1-10-5-4-6-12(15-10)8-16(3)21(18,19)14-7-13(9-17)20-11(14)2/h4-7,17H,8-9H2,1-3H3. The Morgan fingerprint density at radius 1 is 1.33 bits per heavy atom. The molecule has 0 aliphatic heterocycles. The summed E-state index contributed by atoms with van der Waals surface area (Å²) in [7, 11) is -2.04. The lowest BCUT2D eigenvalue weighted by molar-refractivity contribution is 0.285. The van der Waals surface area contributed by atoms with Gasteiger partial charge in [0.15, 0.2) is 0 Å². The zero-order chi connectivity index (χ0) is 15.6. The summed E-state index contributed by atoms with van der Waals surface area (Å²) in [6.45, 7) is 3.68. The van der Waals surface area contributed by atoms with E-state index in [4.69, 9.17) is 5.11 Å². The quantitative estimate of drug-likeness (QED) is 0.913. The number of pyridine rings is 1. The van der Waals surface area contributed by atoms with Crippen LogP contribution in [0, 0.1) is 13.8 Å². The molecule has 0 bridgehead atoms. The van der Waals surface area contributed by atoms with Crippen LogP contribution in [0.15, 0.2) is 29.2 Å². The molecule has 2 rings (SSSR count). The van der Waals surface area contributed by atoms with Gasteiger partial charge in [-0.25, -0.2) is 8.42 Å². The highest BCUT2D eigenvalue weighted by Gasteiger charge is 2.25. The van der Waals surface area contributed by atoms with Gasteiger partial charge in [0.25, 0.3) is 0 Å². The van der Waals surface area contributed by atoms with Crippen molar-refractivity contribution < 1.29 is 13.5 Å². The Morgan fingerprint density at radius 2 is 2.05 bits per heavy atom. The Morgan fingerprint density at radius 3 is 2.62 bits per heavy atom. The molecule has 0 radical (unpaired) electrons. The number of thiophene rings is 1. The average Bonchev–Trinajstić information content (AvgIpc) is 2.80. The summed E-state index contributed by atoms with van der Waals surface area (Å²) >= 11 is 1.30. The lowest BCUT2D eigenvalue weighted by Crippen LogP contribution is -2.27. The Kier molecular flexibility index (Phi) is 4.77. The number of aliphatic hydroxyl groups excluding tert-OH is 1. The van der Waals surface area contributed by atoms with E-state index >= 15 is 0 Å². The molecule has 0 saturated carbocycles. The van der Waals surface area contributed by atoms with E-state index in [9.17, 15) is 8.42 Å². The molecular formula is C14H18N2O3S2. The summed E-state index contributed by atoms with van der Waals surface area (Å²) in [4.78, 5) is 5.91. The van der Waals surface area contributed by atoms with Crippen LogP contribution >= 0.6 is 11.3 Å². The van der Waals surface area contributed by atoms with Gasteiger partial charge in [-0.2, -0.15) is 4.31 Å². The summed E-state index contributed by atoms with van der Waals surface area (Å²) in [5.74, 6) is 0. The second kappa shape index (κ2) is 6.23. The van der Waals surface area contributed by atoms with E-state index < -0.39 is 10.0 Å². The van der Waals surface area contributed by atoms with Gasteiger partial charge in [0.05, 0.1) is 23.7 Å². The smallest absolute Gasteiger partial charge is 0.244 e. The molecule has 0 fully saturated rings. The second-order valence-corrected chi connectivity index (χ2v) is 8.18. The van der Waals surface area contributed by atoms with Gasteiger partial charge in [-0.3, -0.25) is 4.98 Å². The summed E-state index contributed by atoms with van der Waals surface area (Å²) in [5.41, 5.74) is 1.56. The predicted octanol–water partition coefficient (Wildman–Crippen LogP) is 2.07. The van der Waals surface area contributed by atoms with Crippen LogP contribution in [0.4, 0.5) is 0 Å².